The summed E-state index contributed by atoms with van der Waals surface area (Å²) >= 11 is 0. The van der Waals surface area contributed by atoms with E-state index in [1.165, 1.54) is 18.4 Å². The molecule has 0 spiro atoms. The number of aromatic nitrogens is 4. The molecule has 0 radical (unpaired) electrons. The van der Waals surface area contributed by atoms with Crippen LogP contribution in [0.15, 0.2) is 42.9 Å². The molecule has 2 N–H and O–H groups in total. The minimum atomic E-state index is 0.0207. The number of hydrogen-bond donors (Lipinski definition) is 2. The van der Waals surface area contributed by atoms with Crippen LogP contribution in [-0.2, 0) is 6.54 Å². The second-order valence-electron chi connectivity index (χ2n) is 10.6. The second-order valence-corrected chi connectivity index (χ2v) is 10.6. The molecule has 0 aliphatic carbocycles. The molecule has 2 aliphatic heterocycles. The highest BCUT2D eigenvalue weighted by Crippen LogP contribution is 2.39. The summed E-state index contributed by atoms with van der Waals surface area (Å²) < 4.78 is 18.4. The number of likely N-dealkylation sites (tertiary alicyclic amines) is 1. The predicted octanol–water partition coefficient (Wildman–Crippen LogP) is 4.14. The van der Waals surface area contributed by atoms with Gasteiger partial charge in [0.05, 0.1) is 51.4 Å². The summed E-state index contributed by atoms with van der Waals surface area (Å²) in [5, 5.41) is 14.3. The lowest BCUT2D eigenvalue weighted by Crippen LogP contribution is -2.33. The maximum Gasteiger partial charge on any atom is 0.228 e. The number of benzene rings is 2. The molecular weight excluding hydrogens is 522 g/mol. The smallest absolute Gasteiger partial charge is 0.228 e. The zero-order valence-corrected chi connectivity index (χ0v) is 23.8. The molecule has 41 heavy (non-hydrogen) atoms. The van der Waals surface area contributed by atoms with E-state index in [0.717, 1.165) is 55.6 Å². The molecule has 2 aromatic carbocycles. The topological polar surface area (TPSA) is 110 Å². The minimum Gasteiger partial charge on any atom is -0.493 e. The lowest BCUT2D eigenvalue weighted by Gasteiger charge is -2.24. The van der Waals surface area contributed by atoms with E-state index < -0.39 is 0 Å². The van der Waals surface area contributed by atoms with E-state index in [4.69, 9.17) is 24.2 Å². The highest BCUT2D eigenvalue weighted by atomic mass is 16.5. The average molecular weight is 560 g/mol. The van der Waals surface area contributed by atoms with Crippen molar-refractivity contribution in [3.05, 3.63) is 48.4 Å². The fraction of sp³-hybridized carbons (Fsp3) is 0.433. The van der Waals surface area contributed by atoms with Crippen LogP contribution < -0.4 is 24.4 Å². The molecule has 2 aromatic heterocycles. The summed E-state index contributed by atoms with van der Waals surface area (Å²) in [5.41, 5.74) is 2.92. The number of aliphatic hydroxyl groups is 1. The molecule has 0 saturated carbocycles. The number of nitrogens with zero attached hydrogens (tertiary/aromatic N) is 6. The van der Waals surface area contributed by atoms with Gasteiger partial charge < -0.3 is 34.1 Å². The highest BCUT2D eigenvalue weighted by Gasteiger charge is 2.27. The van der Waals surface area contributed by atoms with E-state index in [1.807, 2.05) is 22.9 Å². The molecule has 2 saturated heterocycles. The van der Waals surface area contributed by atoms with Gasteiger partial charge in [-0.15, -0.1) is 0 Å². The summed E-state index contributed by atoms with van der Waals surface area (Å²) in [7, 11) is 4.77. The number of fused-ring (bicyclic) bond motifs is 1. The first-order valence-corrected chi connectivity index (χ1v) is 14.1. The Hall–Kier alpha value is -4.09. The van der Waals surface area contributed by atoms with Crippen molar-refractivity contribution in [2.45, 2.75) is 38.3 Å². The van der Waals surface area contributed by atoms with Crippen LogP contribution in [0.3, 0.4) is 0 Å². The van der Waals surface area contributed by atoms with Gasteiger partial charge >= 0.3 is 0 Å². The summed E-state index contributed by atoms with van der Waals surface area (Å²) in [6, 6.07) is 10.2. The molecule has 1 atom stereocenters. The zero-order valence-electron chi connectivity index (χ0n) is 23.8. The summed E-state index contributed by atoms with van der Waals surface area (Å²) in [5.74, 6) is 3.58. The van der Waals surface area contributed by atoms with Crippen LogP contribution in [0.1, 0.15) is 31.2 Å². The molecule has 4 heterocycles. The third-order valence-corrected chi connectivity index (χ3v) is 7.98. The molecule has 216 valence electrons. The Morgan fingerprint density at radius 3 is 2.44 bits per heavy atom. The molecule has 6 rings (SSSR count). The van der Waals surface area contributed by atoms with Gasteiger partial charge in [-0.05, 0) is 56.5 Å². The zero-order chi connectivity index (χ0) is 28.3. The van der Waals surface area contributed by atoms with E-state index in [2.05, 4.69) is 38.3 Å². The summed E-state index contributed by atoms with van der Waals surface area (Å²) in [6.07, 6.45) is 8.06. The van der Waals surface area contributed by atoms with Crippen LogP contribution in [0.5, 0.6) is 17.2 Å². The molecule has 1 unspecified atom stereocenters. The van der Waals surface area contributed by atoms with Crippen LogP contribution in [-0.4, -0.2) is 83.1 Å². The monoisotopic (exact) mass is 559 g/mol. The van der Waals surface area contributed by atoms with Crippen LogP contribution in [0, 0.1) is 0 Å². The van der Waals surface area contributed by atoms with Crippen LogP contribution in [0.4, 0.5) is 17.6 Å². The van der Waals surface area contributed by atoms with Gasteiger partial charge in [0, 0.05) is 30.6 Å². The average Bonchev–Trinajstić information content (AvgIpc) is 3.78. The van der Waals surface area contributed by atoms with E-state index in [9.17, 15) is 5.11 Å². The number of aliphatic hydroxyl groups excluding tert-OH is 1. The highest BCUT2D eigenvalue weighted by molar-refractivity contribution is 5.92. The van der Waals surface area contributed by atoms with Gasteiger partial charge in [-0.2, -0.15) is 4.98 Å². The van der Waals surface area contributed by atoms with Crippen molar-refractivity contribution in [3.8, 4) is 22.9 Å². The van der Waals surface area contributed by atoms with Crippen LogP contribution in [0.25, 0.3) is 16.6 Å². The Morgan fingerprint density at radius 2 is 1.73 bits per heavy atom. The summed E-state index contributed by atoms with van der Waals surface area (Å²) in [4.78, 5) is 19.1. The predicted molar refractivity (Wildman–Crippen MR) is 158 cm³/mol. The Kier molecular flexibility index (Phi) is 7.80. The number of anilines is 3. The molecule has 11 nitrogen and oxygen atoms in total. The Balaban J connectivity index is 1.35. The lowest BCUT2D eigenvalue weighted by atomic mass is 10.1. The third kappa shape index (κ3) is 5.47. The normalized spacial score (nSPS) is 17.4. The van der Waals surface area contributed by atoms with Gasteiger partial charge in [0.1, 0.15) is 18.0 Å². The first-order chi connectivity index (χ1) is 20.1. The Morgan fingerprint density at radius 1 is 0.951 bits per heavy atom. The van der Waals surface area contributed by atoms with E-state index >= 15 is 0 Å². The van der Waals surface area contributed by atoms with Gasteiger partial charge in [-0.1, -0.05) is 6.07 Å². The third-order valence-electron chi connectivity index (χ3n) is 7.98. The van der Waals surface area contributed by atoms with E-state index in [1.54, 1.807) is 27.7 Å². The Bertz CT molecular complexity index is 1490. The number of ether oxygens (including phenoxy) is 3. The quantitative estimate of drug-likeness (QED) is 0.294. The van der Waals surface area contributed by atoms with Crippen LogP contribution in [0.2, 0.25) is 0 Å². The van der Waals surface area contributed by atoms with Crippen molar-refractivity contribution in [1.29, 1.82) is 0 Å². The first-order valence-electron chi connectivity index (χ1n) is 14.1. The molecule has 2 fully saturated rings. The van der Waals surface area contributed by atoms with Crippen molar-refractivity contribution >= 4 is 28.5 Å². The molecule has 0 amide bonds. The molecule has 2 aliphatic rings. The fourth-order valence-electron chi connectivity index (χ4n) is 5.84. The van der Waals surface area contributed by atoms with Crippen molar-refractivity contribution in [3.63, 3.8) is 0 Å². The van der Waals surface area contributed by atoms with Gasteiger partial charge in [0.2, 0.25) is 11.7 Å². The standard InChI is InChI=1S/C30H37N7O4/c1-39-25-14-22(15-26(40-2)28(25)41-3)36-17-27(31-19-36)33-29-23-9-8-20(16-35-10-4-5-11-35)13-24(23)32-30(34-29)37-12-6-7-21(37)18-38/h8-9,13-15,17,19,21,38H,4-7,10-12,16,18H2,1-3H3,(H,32,33,34). The number of nitrogens with one attached hydrogen (secondary N) is 1. The maximum atomic E-state index is 9.98. The van der Waals surface area contributed by atoms with Gasteiger partial charge in [0.15, 0.2) is 11.5 Å². The van der Waals surface area contributed by atoms with Gasteiger partial charge in [-0.25, -0.2) is 9.97 Å². The number of imidazole rings is 1. The molecule has 0 bridgehead atoms. The summed E-state index contributed by atoms with van der Waals surface area (Å²) in [6.45, 7) is 4.10. The van der Waals surface area contributed by atoms with Crippen molar-refractivity contribution in [2.75, 3.05) is 57.8 Å². The SMILES string of the molecule is COc1cc(-n2cnc(Nc3nc(N4CCCC4CO)nc4cc(CN5CCCC5)ccc34)c2)cc(OC)c1OC. The maximum absolute atomic E-state index is 9.98. The number of hydrogen-bond acceptors (Lipinski definition) is 10. The fourth-order valence-corrected chi connectivity index (χ4v) is 5.84. The second kappa shape index (κ2) is 11.8. The van der Waals surface area contributed by atoms with Crippen LogP contribution >= 0.6 is 0 Å². The number of methoxy groups -OCH3 is 3. The lowest BCUT2D eigenvalue weighted by molar-refractivity contribution is 0.265. The van der Waals surface area contributed by atoms with Crippen molar-refractivity contribution in [2.24, 2.45) is 0 Å². The largest absolute Gasteiger partial charge is 0.493 e. The molecular formula is C30H37N7O4. The van der Waals surface area contributed by atoms with Crippen molar-refractivity contribution in [1.82, 2.24) is 24.4 Å². The Labute approximate surface area is 239 Å². The van der Waals surface area contributed by atoms with Gasteiger partial charge in [0.25, 0.3) is 0 Å². The number of rotatable bonds is 10. The van der Waals surface area contributed by atoms with E-state index in [0.29, 0.717) is 34.8 Å². The van der Waals surface area contributed by atoms with Crippen molar-refractivity contribution < 1.29 is 19.3 Å². The minimum absolute atomic E-state index is 0.0207. The molecule has 11 heteroatoms. The first kappa shape index (κ1) is 27.1. The van der Waals surface area contributed by atoms with E-state index in [-0.39, 0.29) is 12.6 Å². The van der Waals surface area contributed by atoms with Gasteiger partial charge in [-0.3, -0.25) is 4.90 Å². The molecule has 4 aromatic rings.